The summed E-state index contributed by atoms with van der Waals surface area (Å²) >= 11 is 0. The molecule has 0 aromatic carbocycles. The fourth-order valence-corrected chi connectivity index (χ4v) is 3.25. The zero-order chi connectivity index (χ0) is 13.0. The Morgan fingerprint density at radius 1 is 1.28 bits per heavy atom. The number of hydrogen-bond donors (Lipinski definition) is 0. The highest BCUT2D eigenvalue weighted by molar-refractivity contribution is 5.81. The highest BCUT2D eigenvalue weighted by Gasteiger charge is 2.28. The van der Waals surface area contributed by atoms with Crippen molar-refractivity contribution < 1.29 is 9.53 Å². The Labute approximate surface area is 111 Å². The predicted molar refractivity (Wildman–Crippen MR) is 72.6 cm³/mol. The minimum Gasteiger partial charge on any atom is -0.377 e. The van der Waals surface area contributed by atoms with Crippen molar-refractivity contribution in [1.82, 2.24) is 4.90 Å². The number of rotatable bonds is 4. The molecule has 1 saturated carbocycles. The molecule has 0 amide bonds. The highest BCUT2D eigenvalue weighted by atomic mass is 16.5. The molecule has 2 aliphatic rings. The van der Waals surface area contributed by atoms with Crippen molar-refractivity contribution in [2.45, 2.75) is 51.6 Å². The van der Waals surface area contributed by atoms with Crippen LogP contribution in [0.4, 0.5) is 0 Å². The molecular formula is C15H27NO2. The van der Waals surface area contributed by atoms with Gasteiger partial charge in [-0.15, -0.1) is 0 Å². The van der Waals surface area contributed by atoms with E-state index >= 15 is 0 Å². The molecule has 2 rings (SSSR count). The molecule has 3 heteroatoms. The van der Waals surface area contributed by atoms with Gasteiger partial charge < -0.3 is 9.64 Å². The van der Waals surface area contributed by atoms with E-state index in [4.69, 9.17) is 4.74 Å². The lowest BCUT2D eigenvalue weighted by atomic mass is 9.81. The summed E-state index contributed by atoms with van der Waals surface area (Å²) in [5.74, 6) is 1.46. The SMILES string of the molecule is CC1CCC(=O)C(CN(C)CC2CCCCO2)C1. The second-order valence-corrected chi connectivity index (χ2v) is 6.25. The smallest absolute Gasteiger partial charge is 0.137 e. The fourth-order valence-electron chi connectivity index (χ4n) is 3.25. The molecule has 0 bridgehead atoms. The summed E-state index contributed by atoms with van der Waals surface area (Å²) in [7, 11) is 2.13. The Bertz CT molecular complexity index is 274. The maximum Gasteiger partial charge on any atom is 0.137 e. The zero-order valence-electron chi connectivity index (χ0n) is 11.9. The molecule has 1 aliphatic carbocycles. The number of ketones is 1. The van der Waals surface area contributed by atoms with E-state index < -0.39 is 0 Å². The first kappa shape index (κ1) is 14.0. The molecule has 3 nitrogen and oxygen atoms in total. The van der Waals surface area contributed by atoms with Crippen LogP contribution in [0.25, 0.3) is 0 Å². The van der Waals surface area contributed by atoms with E-state index in [9.17, 15) is 4.79 Å². The van der Waals surface area contributed by atoms with Crippen molar-refractivity contribution in [3.05, 3.63) is 0 Å². The number of ether oxygens (including phenoxy) is 1. The molecule has 104 valence electrons. The Morgan fingerprint density at radius 2 is 2.11 bits per heavy atom. The molecule has 3 unspecified atom stereocenters. The van der Waals surface area contributed by atoms with E-state index in [-0.39, 0.29) is 5.92 Å². The van der Waals surface area contributed by atoms with Crippen molar-refractivity contribution in [3.8, 4) is 0 Å². The number of hydrogen-bond acceptors (Lipinski definition) is 3. The van der Waals surface area contributed by atoms with Crippen molar-refractivity contribution >= 4 is 5.78 Å². The van der Waals surface area contributed by atoms with E-state index in [1.165, 1.54) is 19.3 Å². The zero-order valence-corrected chi connectivity index (χ0v) is 11.9. The van der Waals surface area contributed by atoms with Gasteiger partial charge in [0.05, 0.1) is 6.10 Å². The van der Waals surface area contributed by atoms with Gasteiger partial charge in [0.15, 0.2) is 0 Å². The lowest BCUT2D eigenvalue weighted by Crippen LogP contribution is -2.39. The van der Waals surface area contributed by atoms with Crippen LogP contribution in [0.2, 0.25) is 0 Å². The standard InChI is InChI=1S/C15H27NO2/c1-12-6-7-15(17)13(9-12)10-16(2)11-14-5-3-4-8-18-14/h12-14H,3-11H2,1-2H3. The van der Waals surface area contributed by atoms with Gasteiger partial charge in [-0.05, 0) is 45.1 Å². The average Bonchev–Trinajstić information content (AvgIpc) is 2.35. The first-order chi connectivity index (χ1) is 8.65. The van der Waals surface area contributed by atoms with Crippen LogP contribution in [0.15, 0.2) is 0 Å². The number of nitrogens with zero attached hydrogens (tertiary/aromatic N) is 1. The van der Waals surface area contributed by atoms with Crippen molar-refractivity contribution in [1.29, 1.82) is 0 Å². The Balaban J connectivity index is 1.75. The molecule has 1 aliphatic heterocycles. The number of likely N-dealkylation sites (N-methyl/N-ethyl adjacent to an activating group) is 1. The van der Waals surface area contributed by atoms with Crippen LogP contribution in [-0.4, -0.2) is 43.5 Å². The number of carbonyl (C=O) groups is 1. The third-order valence-electron chi connectivity index (χ3n) is 4.35. The molecule has 1 heterocycles. The van der Waals surface area contributed by atoms with Gasteiger partial charge in [-0.25, -0.2) is 0 Å². The van der Waals surface area contributed by atoms with Gasteiger partial charge in [0.25, 0.3) is 0 Å². The highest BCUT2D eigenvalue weighted by Crippen LogP contribution is 2.26. The van der Waals surface area contributed by atoms with Gasteiger partial charge in [0, 0.05) is 32.0 Å². The van der Waals surface area contributed by atoms with Gasteiger partial charge in [-0.1, -0.05) is 6.92 Å². The summed E-state index contributed by atoms with van der Waals surface area (Å²) in [6.07, 6.45) is 7.02. The Morgan fingerprint density at radius 3 is 2.83 bits per heavy atom. The summed E-state index contributed by atoms with van der Waals surface area (Å²) in [6.45, 7) is 5.09. The minimum absolute atomic E-state index is 0.266. The summed E-state index contributed by atoms with van der Waals surface area (Å²) < 4.78 is 5.76. The van der Waals surface area contributed by atoms with Crippen LogP contribution in [0.1, 0.15) is 45.4 Å². The lowest BCUT2D eigenvalue weighted by molar-refractivity contribution is -0.126. The Kier molecular flexibility index (Phi) is 5.19. The molecule has 0 aromatic rings. The second-order valence-electron chi connectivity index (χ2n) is 6.25. The van der Waals surface area contributed by atoms with Crippen LogP contribution in [0.3, 0.4) is 0 Å². The van der Waals surface area contributed by atoms with Crippen LogP contribution < -0.4 is 0 Å². The first-order valence-electron chi connectivity index (χ1n) is 7.48. The molecule has 0 aromatic heterocycles. The maximum absolute atomic E-state index is 11.9. The van der Waals surface area contributed by atoms with Crippen LogP contribution in [0, 0.1) is 11.8 Å². The molecule has 0 spiro atoms. The summed E-state index contributed by atoms with van der Waals surface area (Å²) in [5, 5.41) is 0. The molecule has 1 saturated heterocycles. The van der Waals surface area contributed by atoms with Gasteiger partial charge in [0.2, 0.25) is 0 Å². The molecule has 3 atom stereocenters. The van der Waals surface area contributed by atoms with Crippen molar-refractivity contribution in [2.75, 3.05) is 26.7 Å². The average molecular weight is 253 g/mol. The number of Topliss-reactive ketones (excluding diaryl/α,β-unsaturated/α-hetero) is 1. The summed E-state index contributed by atoms with van der Waals surface area (Å²) in [6, 6.07) is 0. The molecule has 18 heavy (non-hydrogen) atoms. The normalized spacial score (nSPS) is 33.9. The third kappa shape index (κ3) is 4.06. The molecule has 2 fully saturated rings. The van der Waals surface area contributed by atoms with E-state index in [0.29, 0.717) is 17.8 Å². The minimum atomic E-state index is 0.266. The third-order valence-corrected chi connectivity index (χ3v) is 4.35. The summed E-state index contributed by atoms with van der Waals surface area (Å²) in [5.41, 5.74) is 0. The number of carbonyl (C=O) groups excluding carboxylic acids is 1. The quantitative estimate of drug-likeness (QED) is 0.771. The van der Waals surface area contributed by atoms with Gasteiger partial charge in [-0.2, -0.15) is 0 Å². The van der Waals surface area contributed by atoms with E-state index in [1.54, 1.807) is 0 Å². The van der Waals surface area contributed by atoms with E-state index in [0.717, 1.165) is 39.0 Å². The second kappa shape index (κ2) is 6.67. The molecule has 0 radical (unpaired) electrons. The van der Waals surface area contributed by atoms with Gasteiger partial charge in [0.1, 0.15) is 5.78 Å². The topological polar surface area (TPSA) is 29.5 Å². The van der Waals surface area contributed by atoms with Gasteiger partial charge >= 0.3 is 0 Å². The maximum atomic E-state index is 11.9. The predicted octanol–water partition coefficient (Wildman–Crippen LogP) is 2.49. The van der Waals surface area contributed by atoms with Gasteiger partial charge in [-0.3, -0.25) is 4.79 Å². The molecular weight excluding hydrogens is 226 g/mol. The Hall–Kier alpha value is -0.410. The van der Waals surface area contributed by atoms with Crippen LogP contribution in [-0.2, 0) is 9.53 Å². The van der Waals surface area contributed by atoms with E-state index in [1.807, 2.05) is 0 Å². The monoisotopic (exact) mass is 253 g/mol. The first-order valence-corrected chi connectivity index (χ1v) is 7.48. The molecule has 0 N–H and O–H groups in total. The van der Waals surface area contributed by atoms with E-state index in [2.05, 4.69) is 18.9 Å². The van der Waals surface area contributed by atoms with Crippen LogP contribution in [0.5, 0.6) is 0 Å². The van der Waals surface area contributed by atoms with Crippen molar-refractivity contribution in [3.63, 3.8) is 0 Å². The summed E-state index contributed by atoms with van der Waals surface area (Å²) in [4.78, 5) is 14.2. The largest absolute Gasteiger partial charge is 0.377 e. The lowest BCUT2D eigenvalue weighted by Gasteiger charge is -2.32. The van der Waals surface area contributed by atoms with Crippen molar-refractivity contribution in [2.24, 2.45) is 11.8 Å². The van der Waals surface area contributed by atoms with Crippen LogP contribution >= 0.6 is 0 Å². The fraction of sp³-hybridized carbons (Fsp3) is 0.933.